The molecule has 2 aromatic carbocycles. The van der Waals surface area contributed by atoms with Crippen LogP contribution >= 0.6 is 0 Å². The Balaban J connectivity index is 1.38. The Morgan fingerprint density at radius 3 is 2.00 bits per heavy atom. The van der Waals surface area contributed by atoms with Gasteiger partial charge in [0.05, 0.1) is 12.1 Å². The highest BCUT2D eigenvalue weighted by molar-refractivity contribution is 5.78. The number of benzene rings is 2. The van der Waals surface area contributed by atoms with Crippen molar-refractivity contribution in [3.8, 4) is 0 Å². The molecule has 1 aliphatic heterocycles. The molecule has 0 radical (unpaired) electrons. The number of piperazine rings is 1. The van der Waals surface area contributed by atoms with Crippen LogP contribution in [0.2, 0.25) is 0 Å². The van der Waals surface area contributed by atoms with Crippen LogP contribution in [0.5, 0.6) is 0 Å². The van der Waals surface area contributed by atoms with Crippen molar-refractivity contribution in [1.82, 2.24) is 15.1 Å². The molecule has 3 rings (SSSR count). The first-order valence-corrected chi connectivity index (χ1v) is 9.41. The van der Waals surface area contributed by atoms with Crippen molar-refractivity contribution >= 4 is 5.91 Å². The minimum Gasteiger partial charge on any atom is -0.351 e. The van der Waals surface area contributed by atoms with Crippen molar-refractivity contribution in [2.75, 3.05) is 32.7 Å². The standard InChI is InChI=1S/C21H23F4N3O/c22-19-7-3-16(4-8-19)13-26-20(29)15-28-11-9-27(10-12-28)14-17-1-5-18(6-2-17)21(23,24)25/h1-8H,9-15H2,(H,26,29). The second-order valence-electron chi connectivity index (χ2n) is 7.15. The number of hydrogen-bond acceptors (Lipinski definition) is 3. The number of nitrogens with zero attached hydrogens (tertiary/aromatic N) is 2. The number of carbonyl (C=O) groups excluding carboxylic acids is 1. The van der Waals surface area contributed by atoms with E-state index in [9.17, 15) is 22.4 Å². The van der Waals surface area contributed by atoms with E-state index in [4.69, 9.17) is 0 Å². The molecule has 156 valence electrons. The minimum atomic E-state index is -4.32. The normalized spacial score (nSPS) is 16.0. The number of nitrogens with one attached hydrogen (secondary N) is 1. The summed E-state index contributed by atoms with van der Waals surface area (Å²) in [6, 6.07) is 11.2. The van der Waals surface area contributed by atoms with Gasteiger partial charge in [-0.25, -0.2) is 4.39 Å². The Morgan fingerprint density at radius 1 is 0.862 bits per heavy atom. The van der Waals surface area contributed by atoms with Gasteiger partial charge >= 0.3 is 6.18 Å². The predicted octanol–water partition coefficient (Wildman–Crippen LogP) is 3.28. The number of amides is 1. The van der Waals surface area contributed by atoms with E-state index >= 15 is 0 Å². The van der Waals surface area contributed by atoms with Gasteiger partial charge < -0.3 is 5.32 Å². The molecule has 0 unspecified atom stereocenters. The number of hydrogen-bond donors (Lipinski definition) is 1. The van der Waals surface area contributed by atoms with Gasteiger partial charge in [-0.1, -0.05) is 24.3 Å². The molecule has 1 heterocycles. The summed E-state index contributed by atoms with van der Waals surface area (Å²) in [7, 11) is 0. The topological polar surface area (TPSA) is 35.6 Å². The summed E-state index contributed by atoms with van der Waals surface area (Å²) >= 11 is 0. The van der Waals surface area contributed by atoms with E-state index < -0.39 is 11.7 Å². The fourth-order valence-corrected chi connectivity index (χ4v) is 3.22. The fraction of sp³-hybridized carbons (Fsp3) is 0.381. The molecule has 1 N–H and O–H groups in total. The third kappa shape index (κ3) is 6.54. The van der Waals surface area contributed by atoms with Crippen molar-refractivity contribution in [3.63, 3.8) is 0 Å². The van der Waals surface area contributed by atoms with E-state index in [-0.39, 0.29) is 18.3 Å². The Labute approximate surface area is 167 Å². The van der Waals surface area contributed by atoms with E-state index in [2.05, 4.69) is 10.2 Å². The van der Waals surface area contributed by atoms with Crippen LogP contribution in [0.25, 0.3) is 0 Å². The second kappa shape index (κ2) is 9.37. The SMILES string of the molecule is O=C(CN1CCN(Cc2ccc(C(F)(F)F)cc2)CC1)NCc1ccc(F)cc1. The number of alkyl halides is 3. The molecule has 8 heteroatoms. The molecule has 2 aromatic rings. The zero-order valence-corrected chi connectivity index (χ0v) is 15.9. The van der Waals surface area contributed by atoms with Crippen LogP contribution in [0.4, 0.5) is 17.6 Å². The van der Waals surface area contributed by atoms with Crippen molar-refractivity contribution in [3.05, 3.63) is 71.0 Å². The maximum atomic E-state index is 12.9. The van der Waals surface area contributed by atoms with Gasteiger partial charge in [0, 0.05) is 39.3 Å². The minimum absolute atomic E-state index is 0.0921. The molecule has 0 atom stereocenters. The van der Waals surface area contributed by atoms with Gasteiger partial charge in [-0.2, -0.15) is 13.2 Å². The maximum absolute atomic E-state index is 12.9. The smallest absolute Gasteiger partial charge is 0.351 e. The summed E-state index contributed by atoms with van der Waals surface area (Å²) in [5.74, 6) is -0.403. The van der Waals surface area contributed by atoms with E-state index in [1.807, 2.05) is 4.90 Å². The molecule has 0 aromatic heterocycles. The molecule has 0 spiro atoms. The van der Waals surface area contributed by atoms with Gasteiger partial charge in [0.15, 0.2) is 0 Å². The van der Waals surface area contributed by atoms with Crippen molar-refractivity contribution < 1.29 is 22.4 Å². The summed E-state index contributed by atoms with van der Waals surface area (Å²) in [5, 5.41) is 2.83. The molecular weight excluding hydrogens is 386 g/mol. The van der Waals surface area contributed by atoms with Gasteiger partial charge in [0.1, 0.15) is 5.82 Å². The monoisotopic (exact) mass is 409 g/mol. The van der Waals surface area contributed by atoms with Crippen LogP contribution in [0.15, 0.2) is 48.5 Å². The van der Waals surface area contributed by atoms with Crippen LogP contribution in [0.1, 0.15) is 16.7 Å². The van der Waals surface area contributed by atoms with Crippen molar-refractivity contribution in [2.24, 2.45) is 0 Å². The summed E-state index contributed by atoms with van der Waals surface area (Å²) in [6.45, 7) is 4.14. The number of carbonyl (C=O) groups is 1. The summed E-state index contributed by atoms with van der Waals surface area (Å²) < 4.78 is 50.8. The lowest BCUT2D eigenvalue weighted by Gasteiger charge is -2.34. The van der Waals surface area contributed by atoms with Crippen LogP contribution in [0, 0.1) is 5.82 Å². The number of halogens is 4. The highest BCUT2D eigenvalue weighted by atomic mass is 19.4. The zero-order chi connectivity index (χ0) is 20.9. The Hall–Kier alpha value is -2.45. The molecule has 1 aliphatic rings. The van der Waals surface area contributed by atoms with Gasteiger partial charge in [0.2, 0.25) is 5.91 Å². The second-order valence-corrected chi connectivity index (χ2v) is 7.15. The van der Waals surface area contributed by atoms with Crippen LogP contribution < -0.4 is 5.32 Å². The summed E-state index contributed by atoms with van der Waals surface area (Å²) in [4.78, 5) is 16.3. The zero-order valence-electron chi connectivity index (χ0n) is 15.9. The van der Waals surface area contributed by atoms with Crippen molar-refractivity contribution in [2.45, 2.75) is 19.3 Å². The van der Waals surface area contributed by atoms with Gasteiger partial charge in [-0.3, -0.25) is 14.6 Å². The first-order chi connectivity index (χ1) is 13.8. The van der Waals surface area contributed by atoms with Crippen LogP contribution in [0.3, 0.4) is 0 Å². The third-order valence-electron chi connectivity index (χ3n) is 4.92. The third-order valence-corrected chi connectivity index (χ3v) is 4.92. The quantitative estimate of drug-likeness (QED) is 0.744. The van der Waals surface area contributed by atoms with E-state index in [0.29, 0.717) is 26.2 Å². The first kappa shape index (κ1) is 21.3. The number of rotatable bonds is 6. The fourth-order valence-electron chi connectivity index (χ4n) is 3.22. The van der Waals surface area contributed by atoms with Gasteiger partial charge in [0.25, 0.3) is 0 Å². The van der Waals surface area contributed by atoms with E-state index in [0.717, 1.165) is 36.3 Å². The highest BCUT2D eigenvalue weighted by Gasteiger charge is 2.30. The predicted molar refractivity (Wildman–Crippen MR) is 101 cm³/mol. The van der Waals surface area contributed by atoms with Crippen LogP contribution in [-0.4, -0.2) is 48.4 Å². The van der Waals surface area contributed by atoms with Crippen molar-refractivity contribution in [1.29, 1.82) is 0 Å². The Bertz CT molecular complexity index is 798. The largest absolute Gasteiger partial charge is 0.416 e. The van der Waals surface area contributed by atoms with E-state index in [1.54, 1.807) is 12.1 Å². The molecule has 4 nitrogen and oxygen atoms in total. The van der Waals surface area contributed by atoms with Crippen LogP contribution in [-0.2, 0) is 24.1 Å². The van der Waals surface area contributed by atoms with E-state index in [1.165, 1.54) is 24.3 Å². The lowest BCUT2D eigenvalue weighted by molar-refractivity contribution is -0.137. The summed E-state index contributed by atoms with van der Waals surface area (Å²) in [6.07, 6.45) is -4.32. The molecule has 1 fully saturated rings. The molecule has 1 saturated heterocycles. The molecule has 0 saturated carbocycles. The average Bonchev–Trinajstić information content (AvgIpc) is 2.69. The highest BCUT2D eigenvalue weighted by Crippen LogP contribution is 2.29. The Morgan fingerprint density at radius 2 is 1.41 bits per heavy atom. The maximum Gasteiger partial charge on any atom is 0.416 e. The average molecular weight is 409 g/mol. The van der Waals surface area contributed by atoms with Gasteiger partial charge in [-0.15, -0.1) is 0 Å². The Kier molecular flexibility index (Phi) is 6.87. The molecule has 0 bridgehead atoms. The van der Waals surface area contributed by atoms with Gasteiger partial charge in [-0.05, 0) is 35.4 Å². The molecule has 1 amide bonds. The first-order valence-electron chi connectivity index (χ1n) is 9.41. The molecule has 29 heavy (non-hydrogen) atoms. The molecule has 0 aliphatic carbocycles. The molecular formula is C21H23F4N3O. The lowest BCUT2D eigenvalue weighted by atomic mass is 10.1. The lowest BCUT2D eigenvalue weighted by Crippen LogP contribution is -2.49. The summed E-state index contributed by atoms with van der Waals surface area (Å²) in [5.41, 5.74) is 1.03.